The summed E-state index contributed by atoms with van der Waals surface area (Å²) in [5.41, 5.74) is -0.140. The van der Waals surface area contributed by atoms with Crippen LogP contribution in [0.4, 0.5) is 5.69 Å². The zero-order valence-corrected chi connectivity index (χ0v) is 12.0. The van der Waals surface area contributed by atoms with Crippen molar-refractivity contribution in [1.29, 1.82) is 0 Å². The van der Waals surface area contributed by atoms with Gasteiger partial charge in [-0.25, -0.2) is 0 Å². The molecule has 0 spiro atoms. The second kappa shape index (κ2) is 6.42. The van der Waals surface area contributed by atoms with Gasteiger partial charge in [0, 0.05) is 24.7 Å². The summed E-state index contributed by atoms with van der Waals surface area (Å²) >= 11 is 0. The average Bonchev–Trinajstić information content (AvgIpc) is 2.53. The third-order valence-corrected chi connectivity index (χ3v) is 3.68. The van der Waals surface area contributed by atoms with Crippen molar-refractivity contribution < 1.29 is 24.4 Å². The second-order valence-electron chi connectivity index (χ2n) is 5.07. The number of ether oxygens (including phenoxy) is 1. The van der Waals surface area contributed by atoms with E-state index in [1.165, 1.54) is 24.1 Å². The van der Waals surface area contributed by atoms with E-state index >= 15 is 0 Å². The molecule has 0 aromatic heterocycles. The molecule has 118 valence electrons. The Morgan fingerprint density at radius 1 is 1.45 bits per heavy atom. The van der Waals surface area contributed by atoms with E-state index in [0.29, 0.717) is 19.4 Å². The van der Waals surface area contributed by atoms with Gasteiger partial charge in [-0.1, -0.05) is 0 Å². The Morgan fingerprint density at radius 2 is 2.18 bits per heavy atom. The highest BCUT2D eigenvalue weighted by molar-refractivity contribution is 5.95. The third kappa shape index (κ3) is 3.16. The summed E-state index contributed by atoms with van der Waals surface area (Å²) in [6.07, 6.45) is 1.13. The number of nitro groups is 1. The zero-order chi connectivity index (χ0) is 16.3. The molecule has 1 saturated heterocycles. The van der Waals surface area contributed by atoms with Crippen LogP contribution in [0.5, 0.6) is 5.75 Å². The van der Waals surface area contributed by atoms with Gasteiger partial charge < -0.3 is 14.7 Å². The maximum Gasteiger partial charge on any atom is 0.311 e. The predicted octanol–water partition coefficient (Wildman–Crippen LogP) is 1.54. The highest BCUT2D eigenvalue weighted by atomic mass is 16.6. The lowest BCUT2D eigenvalue weighted by Gasteiger charge is -2.30. The largest absolute Gasteiger partial charge is 0.490 e. The number of hydrogen-bond donors (Lipinski definition) is 1. The summed E-state index contributed by atoms with van der Waals surface area (Å²) in [7, 11) is 1.31. The van der Waals surface area contributed by atoms with Crippen molar-refractivity contribution in [2.45, 2.75) is 12.8 Å². The van der Waals surface area contributed by atoms with Gasteiger partial charge in [-0.05, 0) is 25.0 Å². The number of aliphatic carboxylic acids is 1. The van der Waals surface area contributed by atoms with E-state index in [2.05, 4.69) is 0 Å². The molecule has 1 fully saturated rings. The topological polar surface area (TPSA) is 110 Å². The standard InChI is InChI=1S/C14H16N2O6/c1-22-12-5-4-9(7-11(12)16(20)21)13(17)15-6-2-3-10(8-15)14(18)19/h4-5,7,10H,2-3,6,8H2,1H3,(H,18,19). The summed E-state index contributed by atoms with van der Waals surface area (Å²) in [6.45, 7) is 0.566. The number of methoxy groups -OCH3 is 1. The van der Waals surface area contributed by atoms with E-state index in [1.807, 2.05) is 0 Å². The number of carbonyl (C=O) groups is 2. The van der Waals surface area contributed by atoms with Crippen LogP contribution in [0.25, 0.3) is 0 Å². The fraction of sp³-hybridized carbons (Fsp3) is 0.429. The number of nitrogens with zero attached hydrogens (tertiary/aromatic N) is 2. The molecule has 1 atom stereocenters. The lowest BCUT2D eigenvalue weighted by atomic mass is 9.97. The third-order valence-electron chi connectivity index (χ3n) is 3.68. The van der Waals surface area contributed by atoms with Gasteiger partial charge in [0.15, 0.2) is 5.75 Å². The summed E-state index contributed by atoms with van der Waals surface area (Å²) in [4.78, 5) is 35.3. The molecule has 1 aliphatic rings. The van der Waals surface area contributed by atoms with Gasteiger partial charge in [-0.3, -0.25) is 19.7 Å². The Balaban J connectivity index is 2.24. The van der Waals surface area contributed by atoms with Crippen molar-refractivity contribution in [1.82, 2.24) is 4.90 Å². The molecule has 0 aliphatic carbocycles. The normalized spacial score (nSPS) is 17.9. The molecule has 8 heteroatoms. The molecule has 1 aliphatic heterocycles. The number of nitro benzene ring substituents is 1. The Bertz CT molecular complexity index is 615. The molecule has 1 aromatic rings. The number of amides is 1. The van der Waals surface area contributed by atoms with E-state index < -0.39 is 22.7 Å². The Hall–Kier alpha value is -2.64. The van der Waals surface area contributed by atoms with Crippen molar-refractivity contribution in [3.63, 3.8) is 0 Å². The summed E-state index contributed by atoms with van der Waals surface area (Å²) in [6, 6.07) is 3.97. The Kier molecular flexibility index (Phi) is 4.59. The number of carbonyl (C=O) groups excluding carboxylic acids is 1. The van der Waals surface area contributed by atoms with Gasteiger partial charge in [-0.2, -0.15) is 0 Å². The molecule has 1 N–H and O–H groups in total. The minimum atomic E-state index is -0.932. The van der Waals surface area contributed by atoms with Crippen LogP contribution in [0.3, 0.4) is 0 Å². The first-order chi connectivity index (χ1) is 10.4. The summed E-state index contributed by atoms with van der Waals surface area (Å²) in [5.74, 6) is -1.86. The van der Waals surface area contributed by atoms with Crippen molar-refractivity contribution >= 4 is 17.6 Å². The van der Waals surface area contributed by atoms with Crippen LogP contribution in [-0.2, 0) is 4.79 Å². The molecular weight excluding hydrogens is 292 g/mol. The summed E-state index contributed by atoms with van der Waals surface area (Å²) < 4.78 is 4.89. The predicted molar refractivity (Wildman–Crippen MR) is 75.9 cm³/mol. The fourth-order valence-electron chi connectivity index (χ4n) is 2.51. The van der Waals surface area contributed by atoms with Crippen LogP contribution in [0.2, 0.25) is 0 Å². The average molecular weight is 308 g/mol. The molecule has 0 saturated carbocycles. The van der Waals surface area contributed by atoms with Crippen LogP contribution in [0, 0.1) is 16.0 Å². The second-order valence-corrected chi connectivity index (χ2v) is 5.07. The first kappa shape index (κ1) is 15.7. The van der Waals surface area contributed by atoms with Crippen LogP contribution < -0.4 is 4.74 Å². The lowest BCUT2D eigenvalue weighted by molar-refractivity contribution is -0.385. The zero-order valence-electron chi connectivity index (χ0n) is 12.0. The molecule has 2 rings (SSSR count). The number of benzene rings is 1. The number of likely N-dealkylation sites (tertiary alicyclic amines) is 1. The van der Waals surface area contributed by atoms with Gasteiger partial charge in [0.1, 0.15) is 0 Å². The smallest absolute Gasteiger partial charge is 0.311 e. The number of carboxylic acid groups (broad SMARTS) is 1. The fourth-order valence-corrected chi connectivity index (χ4v) is 2.51. The van der Waals surface area contributed by atoms with Crippen LogP contribution >= 0.6 is 0 Å². The van der Waals surface area contributed by atoms with E-state index in [0.717, 1.165) is 6.07 Å². The molecule has 0 radical (unpaired) electrons. The molecule has 8 nitrogen and oxygen atoms in total. The highest BCUT2D eigenvalue weighted by Gasteiger charge is 2.29. The molecule has 1 unspecified atom stereocenters. The number of piperidine rings is 1. The van der Waals surface area contributed by atoms with Gasteiger partial charge in [0.2, 0.25) is 0 Å². The maximum absolute atomic E-state index is 12.4. The van der Waals surface area contributed by atoms with Gasteiger partial charge in [-0.15, -0.1) is 0 Å². The van der Waals surface area contributed by atoms with Crippen LogP contribution in [0.1, 0.15) is 23.2 Å². The molecular formula is C14H16N2O6. The van der Waals surface area contributed by atoms with Gasteiger partial charge in [0.05, 0.1) is 18.0 Å². The molecule has 0 bridgehead atoms. The van der Waals surface area contributed by atoms with Gasteiger partial charge in [0.25, 0.3) is 5.91 Å². The lowest BCUT2D eigenvalue weighted by Crippen LogP contribution is -2.42. The SMILES string of the molecule is COc1ccc(C(=O)N2CCCC(C(=O)O)C2)cc1[N+](=O)[O-]. The number of hydrogen-bond acceptors (Lipinski definition) is 5. The Morgan fingerprint density at radius 3 is 2.77 bits per heavy atom. The van der Waals surface area contributed by atoms with Crippen LogP contribution in [-0.4, -0.2) is 47.0 Å². The summed E-state index contributed by atoms with van der Waals surface area (Å²) in [5, 5.41) is 20.0. The Labute approximate surface area is 126 Å². The highest BCUT2D eigenvalue weighted by Crippen LogP contribution is 2.28. The van der Waals surface area contributed by atoms with E-state index in [-0.39, 0.29) is 23.5 Å². The van der Waals surface area contributed by atoms with Crippen molar-refractivity contribution in [2.24, 2.45) is 5.92 Å². The maximum atomic E-state index is 12.4. The first-order valence-corrected chi connectivity index (χ1v) is 6.78. The molecule has 1 heterocycles. The minimum Gasteiger partial charge on any atom is -0.490 e. The molecule has 1 amide bonds. The number of rotatable bonds is 4. The van der Waals surface area contributed by atoms with Gasteiger partial charge >= 0.3 is 11.7 Å². The quantitative estimate of drug-likeness (QED) is 0.667. The van der Waals surface area contributed by atoms with Crippen LogP contribution in [0.15, 0.2) is 18.2 Å². The van der Waals surface area contributed by atoms with Crippen molar-refractivity contribution in [3.8, 4) is 5.75 Å². The first-order valence-electron chi connectivity index (χ1n) is 6.78. The van der Waals surface area contributed by atoms with E-state index in [1.54, 1.807) is 0 Å². The van der Waals surface area contributed by atoms with Crippen molar-refractivity contribution in [2.75, 3.05) is 20.2 Å². The minimum absolute atomic E-state index is 0.0728. The van der Waals surface area contributed by atoms with E-state index in [9.17, 15) is 19.7 Å². The number of carboxylic acids is 1. The molecule has 22 heavy (non-hydrogen) atoms. The van der Waals surface area contributed by atoms with Crippen molar-refractivity contribution in [3.05, 3.63) is 33.9 Å². The molecule has 1 aromatic carbocycles. The van der Waals surface area contributed by atoms with E-state index in [4.69, 9.17) is 9.84 Å². The monoisotopic (exact) mass is 308 g/mol.